The molecular weight excluding hydrogens is 238 g/mol. The molecule has 0 aromatic rings. The van der Waals surface area contributed by atoms with Gasteiger partial charge in [-0.15, -0.1) is 0 Å². The fourth-order valence-electron chi connectivity index (χ4n) is 2.78. The lowest BCUT2D eigenvalue weighted by Crippen LogP contribution is -2.49. The summed E-state index contributed by atoms with van der Waals surface area (Å²) in [4.78, 5) is 4.71. The van der Waals surface area contributed by atoms with Crippen molar-refractivity contribution in [2.24, 2.45) is 5.41 Å². The third-order valence-corrected chi connectivity index (χ3v) is 3.87. The molecule has 1 heterocycles. The third-order valence-electron chi connectivity index (χ3n) is 3.87. The van der Waals surface area contributed by atoms with Crippen LogP contribution in [-0.4, -0.2) is 76.9 Å². The van der Waals surface area contributed by atoms with Gasteiger partial charge >= 0.3 is 0 Å². The molecule has 1 unspecified atom stereocenters. The third kappa shape index (κ3) is 6.70. The second-order valence-electron chi connectivity index (χ2n) is 6.37. The number of likely N-dealkylation sites (N-methyl/N-ethyl adjacent to an activating group) is 2. The highest BCUT2D eigenvalue weighted by molar-refractivity contribution is 4.86. The predicted molar refractivity (Wildman–Crippen MR) is 81.7 cm³/mol. The SMILES string of the molecule is CCCNCC1(CN(C)CCN(C)C)CCCOC1. The molecule has 1 atom stereocenters. The summed E-state index contributed by atoms with van der Waals surface area (Å²) in [6.45, 7) is 9.67. The van der Waals surface area contributed by atoms with Gasteiger partial charge in [0.2, 0.25) is 0 Å². The zero-order valence-electron chi connectivity index (χ0n) is 13.4. The van der Waals surface area contributed by atoms with Crippen LogP contribution in [0.2, 0.25) is 0 Å². The molecule has 0 aromatic heterocycles. The van der Waals surface area contributed by atoms with E-state index in [9.17, 15) is 0 Å². The van der Waals surface area contributed by atoms with Crippen LogP contribution >= 0.6 is 0 Å². The first-order valence-corrected chi connectivity index (χ1v) is 7.70. The van der Waals surface area contributed by atoms with Crippen molar-refractivity contribution in [2.75, 3.05) is 67.1 Å². The van der Waals surface area contributed by atoms with Gasteiger partial charge in [-0.2, -0.15) is 0 Å². The first kappa shape index (κ1) is 16.9. The Morgan fingerprint density at radius 3 is 2.58 bits per heavy atom. The van der Waals surface area contributed by atoms with Gasteiger partial charge in [0.25, 0.3) is 0 Å². The minimum atomic E-state index is 0.314. The highest BCUT2D eigenvalue weighted by Crippen LogP contribution is 2.28. The van der Waals surface area contributed by atoms with Gasteiger partial charge in [0.15, 0.2) is 0 Å². The molecule has 1 rings (SSSR count). The van der Waals surface area contributed by atoms with E-state index >= 15 is 0 Å². The number of nitrogens with one attached hydrogen (secondary N) is 1. The second-order valence-corrected chi connectivity index (χ2v) is 6.37. The fraction of sp³-hybridized carbons (Fsp3) is 1.00. The second kappa shape index (κ2) is 8.90. The maximum Gasteiger partial charge on any atom is 0.0546 e. The van der Waals surface area contributed by atoms with E-state index in [1.54, 1.807) is 0 Å². The minimum absolute atomic E-state index is 0.314. The summed E-state index contributed by atoms with van der Waals surface area (Å²) in [5, 5.41) is 3.60. The number of nitrogens with zero attached hydrogens (tertiary/aromatic N) is 2. The van der Waals surface area contributed by atoms with Crippen molar-refractivity contribution < 1.29 is 4.74 Å². The van der Waals surface area contributed by atoms with E-state index in [0.29, 0.717) is 5.41 Å². The van der Waals surface area contributed by atoms with Gasteiger partial charge in [-0.25, -0.2) is 0 Å². The van der Waals surface area contributed by atoms with Crippen molar-refractivity contribution in [3.8, 4) is 0 Å². The van der Waals surface area contributed by atoms with Gasteiger partial charge in [-0.1, -0.05) is 6.92 Å². The van der Waals surface area contributed by atoms with E-state index in [1.807, 2.05) is 0 Å². The van der Waals surface area contributed by atoms with Crippen molar-refractivity contribution >= 4 is 0 Å². The Hall–Kier alpha value is -0.160. The van der Waals surface area contributed by atoms with Crippen LogP contribution in [0, 0.1) is 5.41 Å². The van der Waals surface area contributed by atoms with Crippen molar-refractivity contribution in [1.82, 2.24) is 15.1 Å². The molecule has 1 saturated heterocycles. The van der Waals surface area contributed by atoms with Gasteiger partial charge in [-0.3, -0.25) is 0 Å². The van der Waals surface area contributed by atoms with Crippen molar-refractivity contribution in [2.45, 2.75) is 26.2 Å². The highest BCUT2D eigenvalue weighted by atomic mass is 16.5. The summed E-state index contributed by atoms with van der Waals surface area (Å²) in [5.74, 6) is 0. The lowest BCUT2D eigenvalue weighted by molar-refractivity contribution is -0.0230. The first-order chi connectivity index (χ1) is 9.08. The van der Waals surface area contributed by atoms with Crippen LogP contribution in [0.1, 0.15) is 26.2 Å². The largest absolute Gasteiger partial charge is 0.381 e. The Kier molecular flexibility index (Phi) is 7.91. The van der Waals surface area contributed by atoms with Crippen LogP contribution in [0.25, 0.3) is 0 Å². The van der Waals surface area contributed by atoms with Gasteiger partial charge in [0.05, 0.1) is 6.61 Å². The van der Waals surface area contributed by atoms with Crippen LogP contribution in [0.5, 0.6) is 0 Å². The minimum Gasteiger partial charge on any atom is -0.381 e. The summed E-state index contributed by atoms with van der Waals surface area (Å²) in [6, 6.07) is 0. The molecule has 0 aromatic carbocycles. The standard InChI is InChI=1S/C15H33N3O/c1-5-8-16-12-15(7-6-11-19-14-15)13-18(4)10-9-17(2)3/h16H,5-14H2,1-4H3. The molecule has 0 spiro atoms. The van der Waals surface area contributed by atoms with Gasteiger partial charge in [0.1, 0.15) is 0 Å². The molecule has 0 aliphatic carbocycles. The molecule has 4 nitrogen and oxygen atoms in total. The maximum absolute atomic E-state index is 5.77. The topological polar surface area (TPSA) is 27.7 Å². The van der Waals surface area contributed by atoms with Gasteiger partial charge in [0, 0.05) is 38.2 Å². The van der Waals surface area contributed by atoms with E-state index in [2.05, 4.69) is 43.2 Å². The average molecular weight is 271 g/mol. The monoisotopic (exact) mass is 271 g/mol. The average Bonchev–Trinajstić information content (AvgIpc) is 2.38. The van der Waals surface area contributed by atoms with Crippen molar-refractivity contribution in [3.63, 3.8) is 0 Å². The van der Waals surface area contributed by atoms with E-state index < -0.39 is 0 Å². The van der Waals surface area contributed by atoms with Crippen molar-refractivity contribution in [3.05, 3.63) is 0 Å². The number of hydrogen-bond acceptors (Lipinski definition) is 4. The quantitative estimate of drug-likeness (QED) is 0.639. The van der Waals surface area contributed by atoms with E-state index in [4.69, 9.17) is 4.74 Å². The molecule has 1 N–H and O–H groups in total. The molecule has 1 fully saturated rings. The summed E-state index contributed by atoms with van der Waals surface area (Å²) in [6.07, 6.45) is 3.69. The zero-order chi connectivity index (χ0) is 14.1. The molecule has 1 aliphatic rings. The molecule has 0 amide bonds. The molecule has 114 valence electrons. The van der Waals surface area contributed by atoms with Gasteiger partial charge in [-0.05, 0) is 47.0 Å². The summed E-state index contributed by atoms with van der Waals surface area (Å²) < 4.78 is 5.77. The smallest absolute Gasteiger partial charge is 0.0546 e. The first-order valence-electron chi connectivity index (χ1n) is 7.70. The Morgan fingerprint density at radius 1 is 1.21 bits per heavy atom. The predicted octanol–water partition coefficient (Wildman–Crippen LogP) is 1.28. The van der Waals surface area contributed by atoms with Crippen LogP contribution in [-0.2, 0) is 4.74 Å². The molecule has 0 radical (unpaired) electrons. The molecule has 19 heavy (non-hydrogen) atoms. The maximum atomic E-state index is 5.77. The van der Waals surface area contributed by atoms with E-state index in [-0.39, 0.29) is 0 Å². The normalized spacial score (nSPS) is 24.3. The number of hydrogen-bond donors (Lipinski definition) is 1. The highest BCUT2D eigenvalue weighted by Gasteiger charge is 2.33. The summed E-state index contributed by atoms with van der Waals surface area (Å²) in [5.41, 5.74) is 0.314. The lowest BCUT2D eigenvalue weighted by atomic mass is 9.81. The Bertz CT molecular complexity index is 227. The zero-order valence-corrected chi connectivity index (χ0v) is 13.4. The van der Waals surface area contributed by atoms with Gasteiger partial charge < -0.3 is 19.9 Å². The van der Waals surface area contributed by atoms with Crippen LogP contribution in [0.4, 0.5) is 0 Å². The Balaban J connectivity index is 2.43. The molecule has 1 aliphatic heterocycles. The Morgan fingerprint density at radius 2 is 2.00 bits per heavy atom. The van der Waals surface area contributed by atoms with Crippen LogP contribution in [0.3, 0.4) is 0 Å². The molecule has 0 saturated carbocycles. The van der Waals surface area contributed by atoms with Crippen LogP contribution in [0.15, 0.2) is 0 Å². The fourth-order valence-corrected chi connectivity index (χ4v) is 2.78. The molecule has 0 bridgehead atoms. The summed E-state index contributed by atoms with van der Waals surface area (Å²) in [7, 11) is 6.51. The molecular formula is C15H33N3O. The summed E-state index contributed by atoms with van der Waals surface area (Å²) >= 11 is 0. The number of rotatable bonds is 9. The van der Waals surface area contributed by atoms with E-state index in [1.165, 1.54) is 19.3 Å². The Labute approximate surface area is 119 Å². The lowest BCUT2D eigenvalue weighted by Gasteiger charge is -2.40. The molecule has 4 heteroatoms. The van der Waals surface area contributed by atoms with Crippen molar-refractivity contribution in [1.29, 1.82) is 0 Å². The van der Waals surface area contributed by atoms with Crippen LogP contribution < -0.4 is 5.32 Å². The number of ether oxygens (including phenoxy) is 1. The van der Waals surface area contributed by atoms with E-state index in [0.717, 1.165) is 45.9 Å².